The Hall–Kier alpha value is -2.93. The highest BCUT2D eigenvalue weighted by molar-refractivity contribution is 6.30. The molecule has 0 fully saturated rings. The van der Waals surface area contributed by atoms with Crippen molar-refractivity contribution in [3.8, 4) is 5.75 Å². The van der Waals surface area contributed by atoms with E-state index < -0.39 is 17.4 Å². The third-order valence-electron chi connectivity index (χ3n) is 2.92. The number of aryl methyl sites for hydroxylation is 1. The number of halogens is 1. The first-order valence-corrected chi connectivity index (χ1v) is 7.29. The summed E-state index contributed by atoms with van der Waals surface area (Å²) in [6.07, 6.45) is 1.43. The van der Waals surface area contributed by atoms with Gasteiger partial charge in [0.1, 0.15) is 0 Å². The third-order valence-corrected chi connectivity index (χ3v) is 3.16. The second kappa shape index (κ2) is 8.07. The maximum absolute atomic E-state index is 11.7. The second-order valence-electron chi connectivity index (χ2n) is 4.87. The van der Waals surface area contributed by atoms with E-state index in [9.17, 15) is 14.9 Å². The first-order chi connectivity index (χ1) is 11.5. The number of nitro benzene ring substituents is 1. The van der Waals surface area contributed by atoms with E-state index in [-0.39, 0.29) is 11.4 Å². The van der Waals surface area contributed by atoms with E-state index in [4.69, 9.17) is 16.3 Å². The van der Waals surface area contributed by atoms with Gasteiger partial charge in [-0.3, -0.25) is 14.9 Å². The smallest absolute Gasteiger partial charge is 0.311 e. The lowest BCUT2D eigenvalue weighted by atomic mass is 10.2. The molecule has 8 heteroatoms. The molecule has 0 saturated heterocycles. The second-order valence-corrected chi connectivity index (χ2v) is 5.30. The van der Waals surface area contributed by atoms with Gasteiger partial charge in [-0.15, -0.1) is 0 Å². The van der Waals surface area contributed by atoms with Gasteiger partial charge in [-0.25, -0.2) is 5.43 Å². The summed E-state index contributed by atoms with van der Waals surface area (Å²) in [5.74, 6) is -0.511. The molecule has 0 aliphatic heterocycles. The van der Waals surface area contributed by atoms with Crippen molar-refractivity contribution in [2.75, 3.05) is 6.61 Å². The first kappa shape index (κ1) is 17.4. The monoisotopic (exact) mass is 347 g/mol. The van der Waals surface area contributed by atoms with Gasteiger partial charge < -0.3 is 4.74 Å². The van der Waals surface area contributed by atoms with E-state index in [1.807, 2.05) is 0 Å². The fourth-order valence-electron chi connectivity index (χ4n) is 1.83. The van der Waals surface area contributed by atoms with Crippen LogP contribution in [0.1, 0.15) is 11.1 Å². The van der Waals surface area contributed by atoms with Crippen LogP contribution in [0.15, 0.2) is 47.6 Å². The third kappa shape index (κ3) is 5.06. The van der Waals surface area contributed by atoms with Crippen LogP contribution >= 0.6 is 11.6 Å². The summed E-state index contributed by atoms with van der Waals surface area (Å²) in [6, 6.07) is 11.4. The highest BCUT2D eigenvalue weighted by Gasteiger charge is 2.16. The molecule has 2 aromatic rings. The van der Waals surface area contributed by atoms with Crippen molar-refractivity contribution in [1.82, 2.24) is 5.43 Å². The number of carbonyl (C=O) groups excluding carboxylic acids is 1. The average molecular weight is 348 g/mol. The lowest BCUT2D eigenvalue weighted by molar-refractivity contribution is -0.385. The average Bonchev–Trinajstić information content (AvgIpc) is 2.53. The summed E-state index contributed by atoms with van der Waals surface area (Å²) >= 11 is 5.83. The van der Waals surface area contributed by atoms with E-state index in [0.29, 0.717) is 5.02 Å². The minimum absolute atomic E-state index is 0.0274. The van der Waals surface area contributed by atoms with E-state index in [0.717, 1.165) is 11.1 Å². The quantitative estimate of drug-likeness (QED) is 0.493. The van der Waals surface area contributed by atoms with Crippen molar-refractivity contribution in [1.29, 1.82) is 0 Å². The normalized spacial score (nSPS) is 10.6. The SMILES string of the molecule is Cc1ccc(OCC(=O)N/N=C/c2cccc(Cl)c2)c([N+](=O)[O-])c1. The molecule has 2 aromatic carbocycles. The number of rotatable bonds is 6. The predicted molar refractivity (Wildman–Crippen MR) is 90.5 cm³/mol. The van der Waals surface area contributed by atoms with E-state index >= 15 is 0 Å². The summed E-state index contributed by atoms with van der Waals surface area (Å²) in [7, 11) is 0. The van der Waals surface area contributed by atoms with Crippen LogP contribution in [-0.4, -0.2) is 23.7 Å². The topological polar surface area (TPSA) is 93.8 Å². The Morgan fingerprint density at radius 1 is 1.38 bits per heavy atom. The largest absolute Gasteiger partial charge is 0.477 e. The standard InChI is InChI=1S/C16H14ClN3O4/c1-11-5-6-15(14(7-11)20(22)23)24-10-16(21)19-18-9-12-3-2-4-13(17)8-12/h2-9H,10H2,1H3,(H,19,21)/b18-9+. The predicted octanol–water partition coefficient (Wildman–Crippen LogP) is 3.09. The summed E-state index contributed by atoms with van der Waals surface area (Å²) in [4.78, 5) is 22.1. The molecule has 0 atom stereocenters. The van der Waals surface area contributed by atoms with Crippen molar-refractivity contribution in [2.24, 2.45) is 5.10 Å². The molecular weight excluding hydrogens is 334 g/mol. The van der Waals surface area contributed by atoms with Crippen LogP contribution in [-0.2, 0) is 4.79 Å². The number of carbonyl (C=O) groups is 1. The molecule has 0 radical (unpaired) electrons. The van der Waals surface area contributed by atoms with Gasteiger partial charge in [0, 0.05) is 11.1 Å². The Morgan fingerprint density at radius 3 is 2.88 bits per heavy atom. The molecule has 0 saturated carbocycles. The molecular formula is C16H14ClN3O4. The number of hydrogen-bond acceptors (Lipinski definition) is 5. The lowest BCUT2D eigenvalue weighted by Crippen LogP contribution is -2.24. The van der Waals surface area contributed by atoms with Crippen LogP contribution in [0.2, 0.25) is 5.02 Å². The van der Waals surface area contributed by atoms with E-state index in [2.05, 4.69) is 10.5 Å². The van der Waals surface area contributed by atoms with Gasteiger partial charge in [-0.05, 0) is 36.2 Å². The van der Waals surface area contributed by atoms with Gasteiger partial charge in [-0.1, -0.05) is 29.8 Å². The minimum Gasteiger partial charge on any atom is -0.477 e. The molecule has 0 heterocycles. The molecule has 24 heavy (non-hydrogen) atoms. The summed E-state index contributed by atoms with van der Waals surface area (Å²) in [5, 5.41) is 15.3. The number of amides is 1. The van der Waals surface area contributed by atoms with Crippen LogP contribution in [0.5, 0.6) is 5.75 Å². The number of hydrogen-bond donors (Lipinski definition) is 1. The number of nitro groups is 1. The zero-order valence-electron chi connectivity index (χ0n) is 12.7. The van der Waals surface area contributed by atoms with Crippen LogP contribution in [0.4, 0.5) is 5.69 Å². The number of nitrogens with zero attached hydrogens (tertiary/aromatic N) is 2. The highest BCUT2D eigenvalue weighted by Crippen LogP contribution is 2.27. The maximum atomic E-state index is 11.7. The Bertz CT molecular complexity index is 793. The molecule has 124 valence electrons. The Morgan fingerprint density at radius 2 is 2.17 bits per heavy atom. The molecule has 0 bridgehead atoms. The Kier molecular flexibility index (Phi) is 5.86. The van der Waals surface area contributed by atoms with Crippen molar-refractivity contribution >= 4 is 29.4 Å². The first-order valence-electron chi connectivity index (χ1n) is 6.91. The van der Waals surface area contributed by atoms with Crippen LogP contribution in [0.25, 0.3) is 0 Å². The summed E-state index contributed by atoms with van der Waals surface area (Å²) < 4.78 is 5.19. The van der Waals surface area contributed by atoms with Gasteiger partial charge in [0.2, 0.25) is 0 Å². The zero-order valence-corrected chi connectivity index (χ0v) is 13.5. The summed E-state index contributed by atoms with van der Waals surface area (Å²) in [6.45, 7) is 1.34. The van der Waals surface area contributed by atoms with Gasteiger partial charge in [0.15, 0.2) is 12.4 Å². The molecule has 7 nitrogen and oxygen atoms in total. The van der Waals surface area contributed by atoms with Crippen LogP contribution in [0.3, 0.4) is 0 Å². The van der Waals surface area contributed by atoms with Crippen molar-refractivity contribution in [3.05, 3.63) is 68.7 Å². The van der Waals surface area contributed by atoms with Gasteiger partial charge in [-0.2, -0.15) is 5.10 Å². The van der Waals surface area contributed by atoms with Crippen molar-refractivity contribution in [2.45, 2.75) is 6.92 Å². The molecule has 0 aliphatic carbocycles. The zero-order chi connectivity index (χ0) is 17.5. The Balaban J connectivity index is 1.91. The van der Waals surface area contributed by atoms with Crippen LogP contribution < -0.4 is 10.2 Å². The number of nitrogens with one attached hydrogen (secondary N) is 1. The minimum atomic E-state index is -0.558. The Labute approximate surface area is 143 Å². The lowest BCUT2D eigenvalue weighted by Gasteiger charge is -2.06. The number of ether oxygens (including phenoxy) is 1. The maximum Gasteiger partial charge on any atom is 0.311 e. The number of benzene rings is 2. The molecule has 1 amide bonds. The van der Waals surface area contributed by atoms with E-state index in [1.165, 1.54) is 18.3 Å². The molecule has 0 aliphatic rings. The van der Waals surface area contributed by atoms with Gasteiger partial charge in [0.25, 0.3) is 5.91 Å². The molecule has 0 spiro atoms. The fourth-order valence-corrected chi connectivity index (χ4v) is 2.03. The molecule has 1 N–H and O–H groups in total. The molecule has 0 unspecified atom stereocenters. The highest BCUT2D eigenvalue weighted by atomic mass is 35.5. The molecule has 0 aromatic heterocycles. The fraction of sp³-hybridized carbons (Fsp3) is 0.125. The van der Waals surface area contributed by atoms with Crippen molar-refractivity contribution < 1.29 is 14.5 Å². The van der Waals surface area contributed by atoms with Crippen LogP contribution in [0, 0.1) is 17.0 Å². The van der Waals surface area contributed by atoms with Crippen molar-refractivity contribution in [3.63, 3.8) is 0 Å². The summed E-state index contributed by atoms with van der Waals surface area (Å²) in [5.41, 5.74) is 3.53. The van der Waals surface area contributed by atoms with Gasteiger partial charge in [0.05, 0.1) is 11.1 Å². The molecule has 2 rings (SSSR count). The van der Waals surface area contributed by atoms with Gasteiger partial charge >= 0.3 is 5.69 Å². The number of hydrazone groups is 1. The van der Waals surface area contributed by atoms with E-state index in [1.54, 1.807) is 37.3 Å².